The highest BCUT2D eigenvalue weighted by Crippen LogP contribution is 2.43. The Kier molecular flexibility index (Phi) is 6.53. The van der Waals surface area contributed by atoms with Gasteiger partial charge in [-0.05, 0) is 84.8 Å². The quantitative estimate of drug-likeness (QED) is 0.173. The normalized spacial score (nSPS) is 18.4. The van der Waals surface area contributed by atoms with Crippen LogP contribution in [0.5, 0.6) is 11.5 Å². The number of fused-ring (bicyclic) bond motifs is 1. The molecule has 1 heterocycles. The maximum atomic E-state index is 13.4. The predicted molar refractivity (Wildman–Crippen MR) is 139 cm³/mol. The van der Waals surface area contributed by atoms with Crippen LogP contribution in [0.3, 0.4) is 0 Å². The van der Waals surface area contributed by atoms with E-state index in [0.29, 0.717) is 22.6 Å². The summed E-state index contributed by atoms with van der Waals surface area (Å²) in [5.41, 5.74) is 3.86. The van der Waals surface area contributed by atoms with Crippen LogP contribution in [0.15, 0.2) is 72.3 Å². The first-order valence-electron chi connectivity index (χ1n) is 12.2. The summed E-state index contributed by atoms with van der Waals surface area (Å²) in [6.45, 7) is 1.30. The molecule has 1 N–H and O–H groups in total. The number of benzene rings is 3. The van der Waals surface area contributed by atoms with Gasteiger partial charge in [-0.15, -0.1) is 0 Å². The van der Waals surface area contributed by atoms with Crippen LogP contribution in [0.25, 0.3) is 5.76 Å². The fraction of sp³-hybridized carbons (Fsp3) is 0.233. The second-order valence-corrected chi connectivity index (χ2v) is 9.22. The molecule has 1 fully saturated rings. The minimum Gasteiger partial charge on any atom is -0.507 e. The Bertz CT molecular complexity index is 1420. The molecule has 0 bridgehead atoms. The average molecular weight is 498 g/mol. The Labute approximate surface area is 214 Å². The second-order valence-electron chi connectivity index (χ2n) is 9.22. The van der Waals surface area contributed by atoms with Crippen molar-refractivity contribution in [1.29, 1.82) is 0 Å². The minimum atomic E-state index is -0.931. The van der Waals surface area contributed by atoms with Crippen molar-refractivity contribution in [2.45, 2.75) is 38.6 Å². The van der Waals surface area contributed by atoms with E-state index in [4.69, 9.17) is 9.47 Å². The number of aliphatic hydroxyl groups is 1. The Balaban J connectivity index is 1.68. The number of amides is 1. The molecule has 1 atom stereocenters. The number of carbonyl (C=O) groups excluding carboxylic acids is 3. The van der Waals surface area contributed by atoms with Gasteiger partial charge in [-0.25, -0.2) is 0 Å². The van der Waals surface area contributed by atoms with Crippen LogP contribution in [0.1, 0.15) is 48.1 Å². The second kappa shape index (κ2) is 9.93. The molecule has 5 rings (SSSR count). The smallest absolute Gasteiger partial charge is 0.308 e. The highest BCUT2D eigenvalue weighted by molar-refractivity contribution is 6.51. The van der Waals surface area contributed by atoms with Crippen molar-refractivity contribution >= 4 is 29.1 Å². The summed E-state index contributed by atoms with van der Waals surface area (Å²) in [6.07, 6.45) is 4.09. The molecule has 188 valence electrons. The third kappa shape index (κ3) is 4.60. The van der Waals surface area contributed by atoms with Crippen LogP contribution >= 0.6 is 0 Å². The van der Waals surface area contributed by atoms with E-state index in [0.717, 1.165) is 31.2 Å². The first kappa shape index (κ1) is 24.3. The monoisotopic (exact) mass is 497 g/mol. The van der Waals surface area contributed by atoms with Crippen molar-refractivity contribution in [2.24, 2.45) is 0 Å². The van der Waals surface area contributed by atoms with E-state index >= 15 is 0 Å². The lowest BCUT2D eigenvalue weighted by atomic mass is 9.88. The van der Waals surface area contributed by atoms with E-state index in [1.165, 1.54) is 17.4 Å². The van der Waals surface area contributed by atoms with E-state index in [-0.39, 0.29) is 17.1 Å². The molecule has 3 aromatic carbocycles. The van der Waals surface area contributed by atoms with E-state index in [9.17, 15) is 19.5 Å². The lowest BCUT2D eigenvalue weighted by molar-refractivity contribution is -0.132. The number of carbonyl (C=O) groups is 3. The summed E-state index contributed by atoms with van der Waals surface area (Å²) in [4.78, 5) is 39.8. The van der Waals surface area contributed by atoms with Crippen molar-refractivity contribution in [3.8, 4) is 11.5 Å². The van der Waals surface area contributed by atoms with Crippen molar-refractivity contribution in [1.82, 2.24) is 0 Å². The van der Waals surface area contributed by atoms with Gasteiger partial charge in [0.15, 0.2) is 0 Å². The Morgan fingerprint density at radius 1 is 0.919 bits per heavy atom. The van der Waals surface area contributed by atoms with Gasteiger partial charge in [0.2, 0.25) is 0 Å². The lowest BCUT2D eigenvalue weighted by Gasteiger charge is -2.26. The van der Waals surface area contributed by atoms with Crippen molar-refractivity contribution in [3.63, 3.8) is 0 Å². The zero-order valence-electron chi connectivity index (χ0n) is 20.7. The van der Waals surface area contributed by atoms with Gasteiger partial charge in [-0.2, -0.15) is 0 Å². The third-order valence-electron chi connectivity index (χ3n) is 6.85. The van der Waals surface area contributed by atoms with Crippen LogP contribution in [0.4, 0.5) is 5.69 Å². The van der Waals surface area contributed by atoms with Crippen LogP contribution < -0.4 is 14.4 Å². The maximum Gasteiger partial charge on any atom is 0.308 e. The number of aliphatic hydroxyl groups excluding tert-OH is 1. The molecule has 1 saturated heterocycles. The molecule has 7 heteroatoms. The minimum absolute atomic E-state index is 0.0171. The molecule has 0 saturated carbocycles. The van der Waals surface area contributed by atoms with Crippen LogP contribution in [-0.4, -0.2) is 29.9 Å². The largest absolute Gasteiger partial charge is 0.507 e. The van der Waals surface area contributed by atoms with Gasteiger partial charge < -0.3 is 14.6 Å². The molecule has 1 amide bonds. The molecular formula is C30H27NO6. The number of ketones is 1. The van der Waals surface area contributed by atoms with Gasteiger partial charge in [-0.3, -0.25) is 19.3 Å². The maximum absolute atomic E-state index is 13.4. The zero-order valence-corrected chi connectivity index (χ0v) is 20.7. The van der Waals surface area contributed by atoms with E-state index in [2.05, 4.69) is 0 Å². The summed E-state index contributed by atoms with van der Waals surface area (Å²) >= 11 is 0. The molecule has 37 heavy (non-hydrogen) atoms. The Morgan fingerprint density at radius 2 is 1.65 bits per heavy atom. The number of hydrogen-bond donors (Lipinski definition) is 1. The number of methoxy groups -OCH3 is 1. The summed E-state index contributed by atoms with van der Waals surface area (Å²) in [7, 11) is 1.54. The van der Waals surface area contributed by atoms with E-state index < -0.39 is 23.7 Å². The van der Waals surface area contributed by atoms with Gasteiger partial charge in [-0.1, -0.05) is 24.3 Å². The first-order valence-corrected chi connectivity index (χ1v) is 12.2. The zero-order chi connectivity index (χ0) is 26.1. The van der Waals surface area contributed by atoms with Crippen LogP contribution in [0, 0.1) is 0 Å². The highest BCUT2D eigenvalue weighted by atomic mass is 16.5. The average Bonchev–Trinajstić information content (AvgIpc) is 3.18. The SMILES string of the molecule is COc1ccc(N2C(=O)C(=O)/C(=C(\O)c3ccc4c(c3)CCCC4)C2c2cccc(OC(C)=O)c2)cc1. The summed E-state index contributed by atoms with van der Waals surface area (Å²) in [5, 5.41) is 11.5. The molecule has 1 unspecified atom stereocenters. The molecular weight excluding hydrogens is 470 g/mol. The molecule has 0 spiro atoms. The number of hydrogen-bond acceptors (Lipinski definition) is 6. The number of rotatable bonds is 5. The summed E-state index contributed by atoms with van der Waals surface area (Å²) in [6, 6.07) is 18.2. The molecule has 1 aliphatic carbocycles. The molecule has 1 aliphatic heterocycles. The number of esters is 1. The van der Waals surface area contributed by atoms with Gasteiger partial charge >= 0.3 is 5.97 Å². The standard InChI is InChI=1S/C30H27NO6/c1-18(32)37-25-9-5-8-21(17-25)27-26(28(33)22-11-10-19-6-3-4-7-20(19)16-22)29(34)30(35)31(27)23-12-14-24(36-2)15-13-23/h5,8-17,27,33H,3-4,6-7H2,1-2H3/b28-26-. The molecule has 2 aliphatic rings. The first-order chi connectivity index (χ1) is 17.9. The number of aryl methyl sites for hydroxylation is 2. The third-order valence-corrected chi connectivity index (χ3v) is 6.85. The summed E-state index contributed by atoms with van der Waals surface area (Å²) < 4.78 is 10.5. The molecule has 0 aromatic heterocycles. The van der Waals surface area contributed by atoms with Crippen LogP contribution in [-0.2, 0) is 27.2 Å². The fourth-order valence-corrected chi connectivity index (χ4v) is 5.11. The van der Waals surface area contributed by atoms with Gasteiger partial charge in [0.1, 0.15) is 17.3 Å². The molecule has 3 aromatic rings. The van der Waals surface area contributed by atoms with E-state index in [1.54, 1.807) is 61.7 Å². The Morgan fingerprint density at radius 3 is 2.35 bits per heavy atom. The number of ether oxygens (including phenoxy) is 2. The number of Topliss-reactive ketones (excluding diaryl/α,β-unsaturated/α-hetero) is 1. The van der Waals surface area contributed by atoms with Gasteiger partial charge in [0, 0.05) is 18.2 Å². The highest BCUT2D eigenvalue weighted by Gasteiger charge is 2.47. The fourth-order valence-electron chi connectivity index (χ4n) is 5.11. The lowest BCUT2D eigenvalue weighted by Crippen LogP contribution is -2.29. The van der Waals surface area contributed by atoms with Crippen molar-refractivity contribution < 1.29 is 29.0 Å². The van der Waals surface area contributed by atoms with Gasteiger partial charge in [0.05, 0.1) is 18.7 Å². The van der Waals surface area contributed by atoms with E-state index in [1.807, 2.05) is 12.1 Å². The predicted octanol–water partition coefficient (Wildman–Crippen LogP) is 5.13. The van der Waals surface area contributed by atoms with Crippen LogP contribution in [0.2, 0.25) is 0 Å². The van der Waals surface area contributed by atoms with Crippen molar-refractivity contribution in [3.05, 3.63) is 94.6 Å². The molecule has 0 radical (unpaired) electrons. The van der Waals surface area contributed by atoms with Crippen molar-refractivity contribution in [2.75, 3.05) is 12.0 Å². The summed E-state index contributed by atoms with van der Waals surface area (Å²) in [5.74, 6) is -1.38. The Hall–Kier alpha value is -4.39. The topological polar surface area (TPSA) is 93.1 Å². The molecule has 7 nitrogen and oxygen atoms in total. The number of nitrogens with zero attached hydrogens (tertiary/aromatic N) is 1. The number of anilines is 1. The van der Waals surface area contributed by atoms with Gasteiger partial charge in [0.25, 0.3) is 11.7 Å².